The molecule has 0 saturated heterocycles. The lowest BCUT2D eigenvalue weighted by atomic mass is 10.0. The van der Waals surface area contributed by atoms with Crippen molar-refractivity contribution in [3.05, 3.63) is 60.3 Å². The van der Waals surface area contributed by atoms with Gasteiger partial charge in [-0.25, -0.2) is 0 Å². The number of H-pyrrole nitrogens is 1. The van der Waals surface area contributed by atoms with E-state index in [0.29, 0.717) is 6.47 Å². The summed E-state index contributed by atoms with van der Waals surface area (Å²) < 4.78 is 5.04. The summed E-state index contributed by atoms with van der Waals surface area (Å²) in [6.07, 6.45) is 1.64. The first kappa shape index (κ1) is 12.5. The average molecular weight is 265 g/mol. The molecule has 1 unspecified atom stereocenters. The van der Waals surface area contributed by atoms with Gasteiger partial charge in [-0.3, -0.25) is 4.79 Å². The number of nitrogens with one attached hydrogen (secondary N) is 1. The van der Waals surface area contributed by atoms with Gasteiger partial charge >= 0.3 is 0 Å². The fourth-order valence-electron chi connectivity index (χ4n) is 2.45. The van der Waals surface area contributed by atoms with Crippen molar-refractivity contribution in [3.8, 4) is 11.1 Å². The Hall–Kier alpha value is -2.55. The van der Waals surface area contributed by atoms with E-state index < -0.39 is 0 Å². The second-order valence-corrected chi connectivity index (χ2v) is 4.74. The molecule has 100 valence electrons. The summed E-state index contributed by atoms with van der Waals surface area (Å²) in [4.78, 5) is 13.7. The van der Waals surface area contributed by atoms with Gasteiger partial charge in [0.05, 0.1) is 0 Å². The van der Waals surface area contributed by atoms with Crippen LogP contribution in [0.1, 0.15) is 18.6 Å². The van der Waals surface area contributed by atoms with E-state index in [-0.39, 0.29) is 6.10 Å². The van der Waals surface area contributed by atoms with E-state index in [1.807, 2.05) is 31.3 Å². The summed E-state index contributed by atoms with van der Waals surface area (Å²) in [5.41, 5.74) is 4.36. The molecule has 3 aromatic rings. The van der Waals surface area contributed by atoms with E-state index in [2.05, 4.69) is 35.3 Å². The first-order valence-electron chi connectivity index (χ1n) is 6.55. The molecule has 1 N–H and O–H groups in total. The molecule has 0 aliphatic rings. The van der Waals surface area contributed by atoms with E-state index in [0.717, 1.165) is 22.0 Å². The smallest absolute Gasteiger partial charge is 0.293 e. The Bertz CT molecular complexity index is 731. The molecule has 1 heterocycles. The van der Waals surface area contributed by atoms with Gasteiger partial charge in [0.25, 0.3) is 6.47 Å². The summed E-state index contributed by atoms with van der Waals surface area (Å²) in [5, 5.41) is 1.08. The molecule has 0 spiro atoms. The SMILES string of the molecule is CC(OC=O)c1c[nH]c2ccc(-c3ccccc3)cc12. The van der Waals surface area contributed by atoms with Gasteiger partial charge in [0.1, 0.15) is 6.10 Å². The minimum atomic E-state index is -0.257. The number of benzene rings is 2. The van der Waals surface area contributed by atoms with Gasteiger partial charge in [0.15, 0.2) is 0 Å². The van der Waals surface area contributed by atoms with Crippen LogP contribution in [0.5, 0.6) is 0 Å². The predicted molar refractivity (Wildman–Crippen MR) is 79.3 cm³/mol. The lowest BCUT2D eigenvalue weighted by Crippen LogP contribution is -1.96. The van der Waals surface area contributed by atoms with Crippen LogP contribution in [-0.4, -0.2) is 11.5 Å². The van der Waals surface area contributed by atoms with Crippen molar-refractivity contribution >= 4 is 17.4 Å². The molecule has 3 heteroatoms. The third-order valence-corrected chi connectivity index (χ3v) is 3.52. The van der Waals surface area contributed by atoms with Crippen LogP contribution in [0.15, 0.2) is 54.7 Å². The molecule has 3 rings (SSSR count). The first-order valence-corrected chi connectivity index (χ1v) is 6.55. The van der Waals surface area contributed by atoms with E-state index in [9.17, 15) is 4.79 Å². The molecule has 2 aromatic carbocycles. The van der Waals surface area contributed by atoms with Crippen molar-refractivity contribution in [2.24, 2.45) is 0 Å². The molecule has 0 saturated carbocycles. The van der Waals surface area contributed by atoms with E-state index in [1.165, 1.54) is 5.56 Å². The number of carbonyl (C=O) groups is 1. The Morgan fingerprint density at radius 2 is 1.90 bits per heavy atom. The van der Waals surface area contributed by atoms with Gasteiger partial charge in [-0.05, 0) is 30.2 Å². The van der Waals surface area contributed by atoms with Gasteiger partial charge in [0.2, 0.25) is 0 Å². The maximum absolute atomic E-state index is 10.5. The number of carbonyl (C=O) groups excluding carboxylic acids is 1. The van der Waals surface area contributed by atoms with Crippen molar-refractivity contribution in [2.75, 3.05) is 0 Å². The number of ether oxygens (including phenoxy) is 1. The van der Waals surface area contributed by atoms with Crippen LogP contribution in [-0.2, 0) is 9.53 Å². The number of rotatable bonds is 4. The highest BCUT2D eigenvalue weighted by Crippen LogP contribution is 2.30. The molecule has 0 aliphatic carbocycles. The van der Waals surface area contributed by atoms with Crippen molar-refractivity contribution < 1.29 is 9.53 Å². The monoisotopic (exact) mass is 265 g/mol. The van der Waals surface area contributed by atoms with E-state index in [1.54, 1.807) is 0 Å². The molecular weight excluding hydrogens is 250 g/mol. The second-order valence-electron chi connectivity index (χ2n) is 4.74. The third kappa shape index (κ3) is 2.18. The Morgan fingerprint density at radius 1 is 1.10 bits per heavy atom. The highest BCUT2D eigenvalue weighted by atomic mass is 16.5. The number of fused-ring (bicyclic) bond motifs is 1. The minimum Gasteiger partial charge on any atom is -0.460 e. The number of hydrogen-bond donors (Lipinski definition) is 1. The zero-order valence-corrected chi connectivity index (χ0v) is 11.2. The van der Waals surface area contributed by atoms with Crippen molar-refractivity contribution in [2.45, 2.75) is 13.0 Å². The van der Waals surface area contributed by atoms with Gasteiger partial charge in [-0.2, -0.15) is 0 Å². The summed E-state index contributed by atoms with van der Waals surface area (Å²) >= 11 is 0. The van der Waals surface area contributed by atoms with Gasteiger partial charge < -0.3 is 9.72 Å². The average Bonchev–Trinajstić information content (AvgIpc) is 2.91. The first-order chi connectivity index (χ1) is 9.79. The lowest BCUT2D eigenvalue weighted by molar-refractivity contribution is -0.133. The quantitative estimate of drug-likeness (QED) is 0.722. The Morgan fingerprint density at radius 3 is 2.65 bits per heavy atom. The second kappa shape index (κ2) is 5.21. The van der Waals surface area contributed by atoms with Crippen LogP contribution < -0.4 is 0 Å². The Labute approximate surface area is 117 Å². The fourth-order valence-corrected chi connectivity index (χ4v) is 2.45. The summed E-state index contributed by atoms with van der Waals surface area (Å²) in [5.74, 6) is 0. The zero-order valence-electron chi connectivity index (χ0n) is 11.2. The highest BCUT2D eigenvalue weighted by Gasteiger charge is 2.12. The molecule has 0 amide bonds. The molecule has 20 heavy (non-hydrogen) atoms. The van der Waals surface area contributed by atoms with Crippen LogP contribution in [0.4, 0.5) is 0 Å². The minimum absolute atomic E-state index is 0.257. The molecule has 1 aromatic heterocycles. The fraction of sp³-hybridized carbons (Fsp3) is 0.118. The third-order valence-electron chi connectivity index (χ3n) is 3.52. The zero-order chi connectivity index (χ0) is 13.9. The van der Waals surface area contributed by atoms with Gasteiger partial charge in [-0.1, -0.05) is 36.4 Å². The largest absolute Gasteiger partial charge is 0.460 e. The van der Waals surface area contributed by atoms with Crippen LogP contribution in [0, 0.1) is 0 Å². The van der Waals surface area contributed by atoms with Gasteiger partial charge in [0, 0.05) is 22.7 Å². The Balaban J connectivity index is 2.10. The summed E-state index contributed by atoms with van der Waals surface area (Å²) in [6.45, 7) is 2.36. The predicted octanol–water partition coefficient (Wildman–Crippen LogP) is 4.07. The maximum Gasteiger partial charge on any atom is 0.293 e. The molecule has 0 aliphatic heterocycles. The standard InChI is InChI=1S/C17H15NO2/c1-12(20-11-19)16-10-18-17-8-7-14(9-15(16)17)13-5-3-2-4-6-13/h2-12,18H,1H3. The Kier molecular flexibility index (Phi) is 3.25. The number of hydrogen-bond acceptors (Lipinski definition) is 2. The summed E-state index contributed by atoms with van der Waals surface area (Å²) in [6, 6.07) is 16.5. The molecule has 1 atom stereocenters. The maximum atomic E-state index is 10.5. The lowest BCUT2D eigenvalue weighted by Gasteiger charge is -2.09. The van der Waals surface area contributed by atoms with Crippen LogP contribution >= 0.6 is 0 Å². The number of aromatic nitrogens is 1. The molecule has 0 bridgehead atoms. The van der Waals surface area contributed by atoms with Gasteiger partial charge in [-0.15, -0.1) is 0 Å². The van der Waals surface area contributed by atoms with Crippen molar-refractivity contribution in [1.82, 2.24) is 4.98 Å². The normalized spacial score (nSPS) is 12.2. The van der Waals surface area contributed by atoms with E-state index in [4.69, 9.17) is 4.74 Å². The molecule has 0 fully saturated rings. The molecule has 0 radical (unpaired) electrons. The van der Waals surface area contributed by atoms with Crippen LogP contribution in [0.25, 0.3) is 22.0 Å². The van der Waals surface area contributed by atoms with Crippen LogP contribution in [0.2, 0.25) is 0 Å². The van der Waals surface area contributed by atoms with Crippen molar-refractivity contribution in [3.63, 3.8) is 0 Å². The highest BCUT2D eigenvalue weighted by molar-refractivity contribution is 5.88. The summed E-state index contributed by atoms with van der Waals surface area (Å²) in [7, 11) is 0. The van der Waals surface area contributed by atoms with E-state index >= 15 is 0 Å². The van der Waals surface area contributed by atoms with Crippen molar-refractivity contribution in [1.29, 1.82) is 0 Å². The molecule has 3 nitrogen and oxygen atoms in total. The topological polar surface area (TPSA) is 42.1 Å². The van der Waals surface area contributed by atoms with Crippen LogP contribution in [0.3, 0.4) is 0 Å². The number of aromatic amines is 1. The molecular formula is C17H15NO2.